The van der Waals surface area contributed by atoms with Gasteiger partial charge in [0.2, 0.25) is 0 Å². The van der Waals surface area contributed by atoms with E-state index >= 15 is 0 Å². The first kappa shape index (κ1) is 14.8. The highest BCUT2D eigenvalue weighted by Gasteiger charge is 2.24. The van der Waals surface area contributed by atoms with Crippen LogP contribution < -0.4 is 5.32 Å². The molecule has 1 atom stereocenters. The molecule has 20 heavy (non-hydrogen) atoms. The van der Waals surface area contributed by atoms with Crippen LogP contribution in [0.4, 0.5) is 0 Å². The molecule has 0 aliphatic carbocycles. The SMILES string of the molecule is CNC(C)c1ccccc1-c1cn(C)nc1C(C)(C)C. The van der Waals surface area contributed by atoms with Crippen LogP contribution in [0.25, 0.3) is 11.1 Å². The molecular weight excluding hydrogens is 246 g/mol. The van der Waals surface area contributed by atoms with Crippen molar-refractivity contribution in [2.75, 3.05) is 7.05 Å². The van der Waals surface area contributed by atoms with Crippen molar-refractivity contribution >= 4 is 0 Å². The van der Waals surface area contributed by atoms with Gasteiger partial charge in [-0.2, -0.15) is 5.10 Å². The number of nitrogens with zero attached hydrogens (tertiary/aromatic N) is 2. The van der Waals surface area contributed by atoms with Gasteiger partial charge in [0, 0.05) is 30.3 Å². The Kier molecular flexibility index (Phi) is 4.00. The minimum atomic E-state index is 0.0343. The maximum atomic E-state index is 4.68. The number of benzene rings is 1. The summed E-state index contributed by atoms with van der Waals surface area (Å²) in [5, 5.41) is 8.01. The molecule has 0 saturated carbocycles. The van der Waals surface area contributed by atoms with Crippen LogP contribution in [0.15, 0.2) is 30.5 Å². The highest BCUT2D eigenvalue weighted by Crippen LogP contribution is 2.35. The molecule has 1 aromatic carbocycles. The zero-order chi connectivity index (χ0) is 14.9. The molecule has 0 aliphatic rings. The van der Waals surface area contributed by atoms with Gasteiger partial charge in [0.25, 0.3) is 0 Å². The second-order valence-corrected chi connectivity index (χ2v) is 6.41. The number of nitrogens with one attached hydrogen (secondary N) is 1. The van der Waals surface area contributed by atoms with Crippen LogP contribution in [0.3, 0.4) is 0 Å². The van der Waals surface area contributed by atoms with E-state index < -0.39 is 0 Å². The van der Waals surface area contributed by atoms with Gasteiger partial charge in [-0.05, 0) is 25.1 Å². The van der Waals surface area contributed by atoms with E-state index in [0.717, 1.165) is 5.69 Å². The largest absolute Gasteiger partial charge is 0.313 e. The summed E-state index contributed by atoms with van der Waals surface area (Å²) in [5.74, 6) is 0. The first-order valence-electron chi connectivity index (χ1n) is 7.15. The predicted molar refractivity (Wildman–Crippen MR) is 84.8 cm³/mol. The number of hydrogen-bond donors (Lipinski definition) is 1. The molecule has 2 aromatic rings. The molecule has 2 rings (SSSR count). The summed E-state index contributed by atoms with van der Waals surface area (Å²) in [6, 6.07) is 8.89. The molecule has 0 fully saturated rings. The minimum absolute atomic E-state index is 0.0343. The molecule has 0 aliphatic heterocycles. The Hall–Kier alpha value is -1.61. The average molecular weight is 271 g/mol. The molecule has 1 heterocycles. The van der Waals surface area contributed by atoms with E-state index in [9.17, 15) is 0 Å². The Labute approximate surface area is 122 Å². The fourth-order valence-corrected chi connectivity index (χ4v) is 2.51. The van der Waals surface area contributed by atoms with E-state index in [0.29, 0.717) is 6.04 Å². The van der Waals surface area contributed by atoms with Crippen LogP contribution >= 0.6 is 0 Å². The number of rotatable bonds is 3. The lowest BCUT2D eigenvalue weighted by molar-refractivity contribution is 0.554. The first-order valence-corrected chi connectivity index (χ1v) is 7.15. The van der Waals surface area contributed by atoms with Crippen LogP contribution in [0, 0.1) is 0 Å². The molecule has 1 N–H and O–H groups in total. The molecule has 0 amide bonds. The van der Waals surface area contributed by atoms with Crippen LogP contribution in [0.2, 0.25) is 0 Å². The van der Waals surface area contributed by atoms with Crippen molar-refractivity contribution in [1.29, 1.82) is 0 Å². The summed E-state index contributed by atoms with van der Waals surface area (Å²) in [6.45, 7) is 8.82. The third-order valence-corrected chi connectivity index (χ3v) is 3.69. The average Bonchev–Trinajstić information content (AvgIpc) is 2.80. The highest BCUT2D eigenvalue weighted by molar-refractivity contribution is 5.70. The Morgan fingerprint density at radius 2 is 1.80 bits per heavy atom. The smallest absolute Gasteiger partial charge is 0.0756 e. The zero-order valence-corrected chi connectivity index (χ0v) is 13.4. The van der Waals surface area contributed by atoms with Crippen LogP contribution in [0.1, 0.15) is 45.0 Å². The van der Waals surface area contributed by atoms with Crippen molar-refractivity contribution < 1.29 is 0 Å². The second-order valence-electron chi connectivity index (χ2n) is 6.41. The van der Waals surface area contributed by atoms with E-state index in [1.165, 1.54) is 16.7 Å². The van der Waals surface area contributed by atoms with Crippen LogP contribution in [-0.2, 0) is 12.5 Å². The predicted octanol–water partition coefficient (Wildman–Crippen LogP) is 3.67. The van der Waals surface area contributed by atoms with Crippen molar-refractivity contribution in [3.8, 4) is 11.1 Å². The molecule has 1 unspecified atom stereocenters. The monoisotopic (exact) mass is 271 g/mol. The Morgan fingerprint density at radius 3 is 2.40 bits per heavy atom. The van der Waals surface area contributed by atoms with Crippen molar-refractivity contribution in [3.05, 3.63) is 41.7 Å². The number of aromatic nitrogens is 2. The molecule has 3 heteroatoms. The fourth-order valence-electron chi connectivity index (χ4n) is 2.51. The summed E-state index contributed by atoms with van der Waals surface area (Å²) >= 11 is 0. The minimum Gasteiger partial charge on any atom is -0.313 e. The summed E-state index contributed by atoms with van der Waals surface area (Å²) in [7, 11) is 3.98. The Bertz CT molecular complexity index is 591. The quantitative estimate of drug-likeness (QED) is 0.923. The molecule has 0 bridgehead atoms. The van der Waals surface area contributed by atoms with Crippen LogP contribution in [-0.4, -0.2) is 16.8 Å². The van der Waals surface area contributed by atoms with Gasteiger partial charge in [0.1, 0.15) is 0 Å². The highest BCUT2D eigenvalue weighted by atomic mass is 15.3. The van der Waals surface area contributed by atoms with Gasteiger partial charge < -0.3 is 5.32 Å². The van der Waals surface area contributed by atoms with E-state index in [-0.39, 0.29) is 5.41 Å². The summed E-state index contributed by atoms with van der Waals surface area (Å²) in [4.78, 5) is 0. The van der Waals surface area contributed by atoms with Crippen molar-refractivity contribution in [2.45, 2.75) is 39.2 Å². The lowest BCUT2D eigenvalue weighted by Gasteiger charge is -2.20. The van der Waals surface area contributed by atoms with Gasteiger partial charge in [-0.1, -0.05) is 45.0 Å². The van der Waals surface area contributed by atoms with E-state index in [2.05, 4.69) is 68.6 Å². The summed E-state index contributed by atoms with van der Waals surface area (Å²) in [5.41, 5.74) is 5.00. The molecule has 3 nitrogen and oxygen atoms in total. The second kappa shape index (κ2) is 5.41. The molecular formula is C17H25N3. The van der Waals surface area contributed by atoms with E-state index in [1.54, 1.807) is 0 Å². The standard InChI is InChI=1S/C17H25N3/c1-12(18-5)13-9-7-8-10-14(13)15-11-20(6)19-16(15)17(2,3)4/h7-12,18H,1-6H3. The zero-order valence-electron chi connectivity index (χ0n) is 13.4. The summed E-state index contributed by atoms with van der Waals surface area (Å²) < 4.78 is 1.91. The summed E-state index contributed by atoms with van der Waals surface area (Å²) in [6.07, 6.45) is 2.13. The van der Waals surface area contributed by atoms with E-state index in [4.69, 9.17) is 0 Å². The van der Waals surface area contributed by atoms with Crippen molar-refractivity contribution in [3.63, 3.8) is 0 Å². The van der Waals surface area contributed by atoms with Gasteiger partial charge in [-0.15, -0.1) is 0 Å². The van der Waals surface area contributed by atoms with Gasteiger partial charge in [0.05, 0.1) is 5.69 Å². The number of aryl methyl sites for hydroxylation is 1. The Balaban J connectivity index is 2.64. The third-order valence-electron chi connectivity index (χ3n) is 3.69. The van der Waals surface area contributed by atoms with Crippen molar-refractivity contribution in [1.82, 2.24) is 15.1 Å². The molecule has 1 aromatic heterocycles. The van der Waals surface area contributed by atoms with Gasteiger partial charge in [-0.25, -0.2) is 0 Å². The normalized spacial score (nSPS) is 13.5. The Morgan fingerprint density at radius 1 is 1.15 bits per heavy atom. The van der Waals surface area contributed by atoms with E-state index in [1.807, 2.05) is 18.8 Å². The molecule has 0 spiro atoms. The fraction of sp³-hybridized carbons (Fsp3) is 0.471. The molecule has 0 saturated heterocycles. The maximum absolute atomic E-state index is 4.68. The van der Waals surface area contributed by atoms with Crippen molar-refractivity contribution in [2.24, 2.45) is 7.05 Å². The topological polar surface area (TPSA) is 29.9 Å². The maximum Gasteiger partial charge on any atom is 0.0756 e. The lowest BCUT2D eigenvalue weighted by atomic mass is 9.85. The van der Waals surface area contributed by atoms with Crippen LogP contribution in [0.5, 0.6) is 0 Å². The van der Waals surface area contributed by atoms with Gasteiger partial charge in [-0.3, -0.25) is 4.68 Å². The number of hydrogen-bond acceptors (Lipinski definition) is 2. The molecule has 0 radical (unpaired) electrons. The molecule has 108 valence electrons. The first-order chi connectivity index (χ1) is 9.34. The van der Waals surface area contributed by atoms with Gasteiger partial charge >= 0.3 is 0 Å². The lowest BCUT2D eigenvalue weighted by Crippen LogP contribution is -2.16. The third kappa shape index (κ3) is 2.78. The van der Waals surface area contributed by atoms with Gasteiger partial charge in [0.15, 0.2) is 0 Å².